The van der Waals surface area contributed by atoms with Crippen LogP contribution in [0.15, 0.2) is 53.4 Å². The topological polar surface area (TPSA) is 78.5 Å². The number of hydrogen-bond acceptors (Lipinski definition) is 4. The van der Waals surface area contributed by atoms with Gasteiger partial charge >= 0.3 is 0 Å². The number of sulfonamides is 1. The zero-order chi connectivity index (χ0) is 23.5. The number of hydrogen-bond donors (Lipinski definition) is 2. The van der Waals surface area contributed by atoms with E-state index in [0.717, 1.165) is 25.1 Å². The zero-order valence-electron chi connectivity index (χ0n) is 19.7. The normalized spacial score (nSPS) is 16.8. The Bertz CT molecular complexity index is 1040. The van der Waals surface area contributed by atoms with E-state index in [0.29, 0.717) is 6.54 Å². The molecule has 0 spiro atoms. The Morgan fingerprint density at radius 3 is 2.31 bits per heavy atom. The highest BCUT2D eigenvalue weighted by Crippen LogP contribution is 2.24. The lowest BCUT2D eigenvalue weighted by Crippen LogP contribution is -2.55. The largest absolute Gasteiger partial charge is 0.350 e. The van der Waals surface area contributed by atoms with Gasteiger partial charge in [0.2, 0.25) is 15.9 Å². The van der Waals surface area contributed by atoms with Crippen molar-refractivity contribution in [1.29, 1.82) is 0 Å². The van der Waals surface area contributed by atoms with Crippen LogP contribution in [0.3, 0.4) is 0 Å². The predicted octanol–water partition coefficient (Wildman–Crippen LogP) is 3.25. The van der Waals surface area contributed by atoms with E-state index in [1.807, 2.05) is 6.92 Å². The minimum absolute atomic E-state index is 0.119. The number of rotatable bonds is 7. The predicted molar refractivity (Wildman–Crippen MR) is 128 cm³/mol. The van der Waals surface area contributed by atoms with Gasteiger partial charge in [-0.3, -0.25) is 9.69 Å². The molecule has 0 aromatic heterocycles. The van der Waals surface area contributed by atoms with Crippen molar-refractivity contribution in [3.8, 4) is 0 Å². The van der Waals surface area contributed by atoms with Crippen molar-refractivity contribution >= 4 is 15.9 Å². The second kappa shape index (κ2) is 9.73. The van der Waals surface area contributed by atoms with Crippen LogP contribution < -0.4 is 10.0 Å². The highest BCUT2D eigenvalue weighted by Gasteiger charge is 2.31. The van der Waals surface area contributed by atoms with Crippen LogP contribution in [0.5, 0.6) is 0 Å². The van der Waals surface area contributed by atoms with Crippen LogP contribution in [0.2, 0.25) is 0 Å². The third-order valence-electron chi connectivity index (χ3n) is 6.07. The molecule has 2 atom stereocenters. The molecular formula is C25H35N3O3S. The van der Waals surface area contributed by atoms with Gasteiger partial charge in [-0.05, 0) is 48.9 Å². The molecule has 7 heteroatoms. The van der Waals surface area contributed by atoms with E-state index in [1.165, 1.54) is 11.1 Å². The van der Waals surface area contributed by atoms with Crippen LogP contribution in [0.25, 0.3) is 0 Å². The van der Waals surface area contributed by atoms with Gasteiger partial charge in [0.1, 0.15) is 0 Å². The molecule has 174 valence electrons. The molecule has 0 radical (unpaired) electrons. The SMILES string of the molecule is Cc1ccc(S(=O)(=O)N[C@H](C)C(=O)N[C@@H](CN2CCc3ccccc3C2)C(C)(C)C)cc1. The Kier molecular flexibility index (Phi) is 7.43. The van der Waals surface area contributed by atoms with Crippen LogP contribution in [0, 0.1) is 12.3 Å². The Morgan fingerprint density at radius 2 is 1.69 bits per heavy atom. The van der Waals surface area contributed by atoms with E-state index in [-0.39, 0.29) is 22.3 Å². The molecule has 2 aromatic rings. The number of nitrogens with one attached hydrogen (secondary N) is 2. The minimum Gasteiger partial charge on any atom is -0.350 e. The summed E-state index contributed by atoms with van der Waals surface area (Å²) in [4.78, 5) is 15.5. The molecular weight excluding hydrogens is 422 g/mol. The molecule has 0 saturated carbocycles. The Labute approximate surface area is 192 Å². The molecule has 1 amide bonds. The molecule has 1 heterocycles. The molecule has 6 nitrogen and oxygen atoms in total. The summed E-state index contributed by atoms with van der Waals surface area (Å²) in [6.45, 7) is 12.3. The number of benzene rings is 2. The van der Waals surface area contributed by atoms with E-state index in [2.05, 4.69) is 60.0 Å². The van der Waals surface area contributed by atoms with Gasteiger partial charge in [0.05, 0.1) is 10.9 Å². The third-order valence-corrected chi connectivity index (χ3v) is 7.63. The quantitative estimate of drug-likeness (QED) is 0.669. The van der Waals surface area contributed by atoms with E-state index < -0.39 is 16.1 Å². The van der Waals surface area contributed by atoms with Crippen LogP contribution in [0.1, 0.15) is 44.4 Å². The summed E-state index contributed by atoms with van der Waals surface area (Å²) in [5.74, 6) is -0.321. The van der Waals surface area contributed by atoms with Gasteiger partial charge in [-0.15, -0.1) is 0 Å². The molecule has 32 heavy (non-hydrogen) atoms. The highest BCUT2D eigenvalue weighted by atomic mass is 32.2. The van der Waals surface area contributed by atoms with Crippen molar-refractivity contribution in [2.75, 3.05) is 13.1 Å². The fourth-order valence-corrected chi connectivity index (χ4v) is 5.08. The number of fused-ring (bicyclic) bond motifs is 1. The first kappa shape index (κ1) is 24.4. The van der Waals surface area contributed by atoms with Gasteiger partial charge in [0, 0.05) is 25.7 Å². The molecule has 2 N–H and O–H groups in total. The van der Waals surface area contributed by atoms with E-state index in [9.17, 15) is 13.2 Å². The monoisotopic (exact) mass is 457 g/mol. The lowest BCUT2D eigenvalue weighted by Gasteiger charge is -2.38. The molecule has 3 rings (SSSR count). The standard InChI is InChI=1S/C25H35N3O3S/c1-18-10-12-22(13-11-18)32(30,31)27-19(2)24(29)26-23(25(3,4)5)17-28-15-14-20-8-6-7-9-21(20)16-28/h6-13,19,23,27H,14-17H2,1-5H3,(H,26,29)/t19-,23+/m1/s1. The molecule has 2 aromatic carbocycles. The maximum atomic E-state index is 12.9. The molecule has 0 bridgehead atoms. The molecule has 0 fully saturated rings. The Morgan fingerprint density at radius 1 is 1.06 bits per heavy atom. The highest BCUT2D eigenvalue weighted by molar-refractivity contribution is 7.89. The van der Waals surface area contributed by atoms with Crippen molar-refractivity contribution < 1.29 is 13.2 Å². The molecule has 0 saturated heterocycles. The van der Waals surface area contributed by atoms with Crippen LogP contribution >= 0.6 is 0 Å². The summed E-state index contributed by atoms with van der Waals surface area (Å²) >= 11 is 0. The Hall–Kier alpha value is -2.22. The van der Waals surface area contributed by atoms with E-state index in [1.54, 1.807) is 31.2 Å². The zero-order valence-corrected chi connectivity index (χ0v) is 20.5. The van der Waals surface area contributed by atoms with Gasteiger partial charge in [-0.2, -0.15) is 4.72 Å². The van der Waals surface area contributed by atoms with Crippen LogP contribution in [0.4, 0.5) is 0 Å². The van der Waals surface area contributed by atoms with E-state index in [4.69, 9.17) is 0 Å². The number of carbonyl (C=O) groups is 1. The maximum absolute atomic E-state index is 12.9. The maximum Gasteiger partial charge on any atom is 0.241 e. The molecule has 1 aliphatic heterocycles. The summed E-state index contributed by atoms with van der Waals surface area (Å²) in [6.07, 6.45) is 0.994. The Balaban J connectivity index is 1.65. The van der Waals surface area contributed by atoms with Gasteiger partial charge in [-0.25, -0.2) is 8.42 Å². The van der Waals surface area contributed by atoms with Gasteiger partial charge < -0.3 is 5.32 Å². The second-order valence-electron chi connectivity index (χ2n) is 9.84. The smallest absolute Gasteiger partial charge is 0.241 e. The van der Waals surface area contributed by atoms with Gasteiger partial charge in [-0.1, -0.05) is 62.7 Å². The average molecular weight is 458 g/mol. The van der Waals surface area contributed by atoms with Crippen molar-refractivity contribution in [2.45, 2.75) is 64.6 Å². The van der Waals surface area contributed by atoms with Crippen LogP contribution in [-0.4, -0.2) is 44.4 Å². The van der Waals surface area contributed by atoms with Crippen molar-refractivity contribution in [2.24, 2.45) is 5.41 Å². The number of nitrogens with zero attached hydrogens (tertiary/aromatic N) is 1. The van der Waals surface area contributed by atoms with E-state index >= 15 is 0 Å². The average Bonchev–Trinajstić information content (AvgIpc) is 2.72. The summed E-state index contributed by atoms with van der Waals surface area (Å²) in [7, 11) is -3.77. The lowest BCUT2D eigenvalue weighted by atomic mass is 9.85. The lowest BCUT2D eigenvalue weighted by molar-refractivity contribution is -0.124. The number of carbonyl (C=O) groups excluding carboxylic acids is 1. The fourth-order valence-electron chi connectivity index (χ4n) is 3.87. The van der Waals surface area contributed by atoms with Crippen molar-refractivity contribution in [1.82, 2.24) is 14.9 Å². The van der Waals surface area contributed by atoms with Gasteiger partial charge in [0.25, 0.3) is 0 Å². The first-order chi connectivity index (χ1) is 15.0. The number of amides is 1. The summed E-state index contributed by atoms with van der Waals surface area (Å²) in [5, 5.41) is 3.10. The van der Waals surface area contributed by atoms with Crippen LogP contribution in [-0.2, 0) is 27.8 Å². The third kappa shape index (κ3) is 6.18. The van der Waals surface area contributed by atoms with Crippen molar-refractivity contribution in [3.63, 3.8) is 0 Å². The molecule has 1 aliphatic rings. The fraction of sp³-hybridized carbons (Fsp3) is 0.480. The first-order valence-electron chi connectivity index (χ1n) is 11.1. The number of aryl methyl sites for hydroxylation is 1. The molecule has 0 unspecified atom stereocenters. The summed E-state index contributed by atoms with van der Waals surface area (Å²) in [5.41, 5.74) is 3.52. The summed E-state index contributed by atoms with van der Waals surface area (Å²) in [6, 6.07) is 14.1. The van der Waals surface area contributed by atoms with Gasteiger partial charge in [0.15, 0.2) is 0 Å². The molecule has 0 aliphatic carbocycles. The first-order valence-corrected chi connectivity index (χ1v) is 12.6. The summed E-state index contributed by atoms with van der Waals surface area (Å²) < 4.78 is 27.9. The van der Waals surface area contributed by atoms with Crippen molar-refractivity contribution in [3.05, 3.63) is 65.2 Å². The second-order valence-corrected chi connectivity index (χ2v) is 11.6. The minimum atomic E-state index is -3.77.